The molecule has 0 atom stereocenters. The minimum atomic E-state index is 0.0564. The fourth-order valence-electron chi connectivity index (χ4n) is 1.58. The summed E-state index contributed by atoms with van der Waals surface area (Å²) >= 11 is 5.79. The number of benzene rings is 1. The lowest BCUT2D eigenvalue weighted by atomic mass is 10.1. The molecule has 0 saturated heterocycles. The van der Waals surface area contributed by atoms with Crippen molar-refractivity contribution in [1.29, 1.82) is 0 Å². The second-order valence-electron chi connectivity index (χ2n) is 4.20. The molecule has 0 aliphatic heterocycles. The summed E-state index contributed by atoms with van der Waals surface area (Å²) in [6, 6.07) is 7.15. The molecular weight excluding hydrogens is 250 g/mol. The first-order chi connectivity index (χ1) is 8.50. The van der Waals surface area contributed by atoms with E-state index in [0.717, 1.165) is 18.5 Å². The van der Waals surface area contributed by atoms with Gasteiger partial charge in [0, 0.05) is 30.6 Å². The summed E-state index contributed by atoms with van der Waals surface area (Å²) in [6.07, 6.45) is 2.54. The number of rotatable bonds is 6. The summed E-state index contributed by atoms with van der Waals surface area (Å²) < 4.78 is 0. The molecule has 0 fully saturated rings. The predicted molar refractivity (Wildman–Crippen MR) is 75.1 cm³/mol. The number of carbonyl (C=O) groups is 1. The number of carbonyl (C=O) groups excluding carboxylic acids is 1. The van der Waals surface area contributed by atoms with Gasteiger partial charge in [0.2, 0.25) is 5.91 Å². The van der Waals surface area contributed by atoms with E-state index < -0.39 is 0 Å². The summed E-state index contributed by atoms with van der Waals surface area (Å²) in [5, 5.41) is 9.58. The van der Waals surface area contributed by atoms with Crippen molar-refractivity contribution in [3.63, 3.8) is 0 Å². The van der Waals surface area contributed by atoms with Crippen LogP contribution in [0, 0.1) is 0 Å². The molecule has 0 saturated carbocycles. The highest BCUT2D eigenvalue weighted by Crippen LogP contribution is 2.18. The highest BCUT2D eigenvalue weighted by Gasteiger charge is 2.10. The van der Waals surface area contributed by atoms with E-state index in [-0.39, 0.29) is 11.7 Å². The molecule has 1 aromatic rings. The van der Waals surface area contributed by atoms with Gasteiger partial charge in [-0.3, -0.25) is 4.79 Å². The van der Waals surface area contributed by atoms with Crippen LogP contribution in [0.2, 0.25) is 5.02 Å². The van der Waals surface area contributed by atoms with E-state index in [4.69, 9.17) is 16.7 Å². The molecule has 3 nitrogen and oxygen atoms in total. The van der Waals surface area contributed by atoms with Gasteiger partial charge in [-0.1, -0.05) is 18.2 Å². The number of halogens is 1. The molecule has 0 heterocycles. The summed E-state index contributed by atoms with van der Waals surface area (Å²) in [5.41, 5.74) is 0.830. The predicted octanol–water partition coefficient (Wildman–Crippen LogP) is 3.93. The van der Waals surface area contributed by atoms with Crippen molar-refractivity contribution in [2.45, 2.75) is 25.7 Å². The SMILES string of the molecule is C=C(O)CCCCC(=O)N(C)c1ccc(Cl)cc1. The quantitative estimate of drug-likeness (QED) is 0.627. The summed E-state index contributed by atoms with van der Waals surface area (Å²) in [4.78, 5) is 13.5. The van der Waals surface area contributed by atoms with Gasteiger partial charge < -0.3 is 10.0 Å². The lowest BCUT2D eigenvalue weighted by Gasteiger charge is -2.17. The van der Waals surface area contributed by atoms with Crippen LogP contribution in [0.4, 0.5) is 5.69 Å². The molecule has 0 spiro atoms. The van der Waals surface area contributed by atoms with E-state index in [1.807, 2.05) is 12.1 Å². The number of allylic oxidation sites excluding steroid dienone is 1. The zero-order valence-corrected chi connectivity index (χ0v) is 11.3. The number of unbranched alkanes of at least 4 members (excludes halogenated alkanes) is 1. The molecule has 18 heavy (non-hydrogen) atoms. The normalized spacial score (nSPS) is 10.1. The number of hydrogen-bond donors (Lipinski definition) is 1. The van der Waals surface area contributed by atoms with Gasteiger partial charge in [0.15, 0.2) is 0 Å². The Bertz CT molecular complexity index is 414. The van der Waals surface area contributed by atoms with Crippen molar-refractivity contribution in [3.8, 4) is 0 Å². The van der Waals surface area contributed by atoms with Crippen molar-refractivity contribution in [2.24, 2.45) is 0 Å². The van der Waals surface area contributed by atoms with Gasteiger partial charge in [-0.25, -0.2) is 0 Å². The lowest BCUT2D eigenvalue weighted by Crippen LogP contribution is -2.25. The Labute approximate surface area is 113 Å². The molecule has 1 rings (SSSR count). The van der Waals surface area contributed by atoms with E-state index in [2.05, 4.69) is 6.58 Å². The van der Waals surface area contributed by atoms with Gasteiger partial charge >= 0.3 is 0 Å². The van der Waals surface area contributed by atoms with Crippen LogP contribution in [0.5, 0.6) is 0 Å². The third-order valence-electron chi connectivity index (χ3n) is 2.69. The van der Waals surface area contributed by atoms with Crippen molar-refractivity contribution >= 4 is 23.2 Å². The Morgan fingerprint density at radius 3 is 2.39 bits per heavy atom. The van der Waals surface area contributed by atoms with Gasteiger partial charge in [-0.05, 0) is 37.1 Å². The van der Waals surface area contributed by atoms with Crippen LogP contribution in [-0.2, 0) is 4.79 Å². The van der Waals surface area contributed by atoms with Crippen LogP contribution in [-0.4, -0.2) is 18.1 Å². The molecule has 1 amide bonds. The number of amides is 1. The highest BCUT2D eigenvalue weighted by atomic mass is 35.5. The van der Waals surface area contributed by atoms with Gasteiger partial charge in [0.05, 0.1) is 5.76 Å². The fraction of sp³-hybridized carbons (Fsp3) is 0.357. The topological polar surface area (TPSA) is 40.5 Å². The van der Waals surface area contributed by atoms with E-state index in [9.17, 15) is 4.79 Å². The van der Waals surface area contributed by atoms with Crippen molar-refractivity contribution in [2.75, 3.05) is 11.9 Å². The third kappa shape index (κ3) is 4.80. The minimum Gasteiger partial charge on any atom is -0.513 e. The van der Waals surface area contributed by atoms with Gasteiger partial charge in [-0.15, -0.1) is 0 Å². The average molecular weight is 268 g/mol. The maximum atomic E-state index is 11.9. The molecule has 1 N–H and O–H groups in total. The number of anilines is 1. The van der Waals surface area contributed by atoms with Crippen LogP contribution >= 0.6 is 11.6 Å². The lowest BCUT2D eigenvalue weighted by molar-refractivity contribution is -0.118. The minimum absolute atomic E-state index is 0.0564. The van der Waals surface area contributed by atoms with E-state index in [0.29, 0.717) is 17.9 Å². The summed E-state index contributed by atoms with van der Waals surface area (Å²) in [5.74, 6) is 0.231. The molecule has 0 aliphatic rings. The molecule has 0 aliphatic carbocycles. The van der Waals surface area contributed by atoms with Gasteiger partial charge in [-0.2, -0.15) is 0 Å². The number of nitrogens with zero attached hydrogens (tertiary/aromatic N) is 1. The number of aliphatic hydroxyl groups excluding tert-OH is 1. The van der Waals surface area contributed by atoms with Crippen molar-refractivity contribution in [3.05, 3.63) is 41.6 Å². The van der Waals surface area contributed by atoms with Crippen molar-refractivity contribution in [1.82, 2.24) is 0 Å². The summed E-state index contributed by atoms with van der Waals surface area (Å²) in [7, 11) is 1.75. The molecule has 0 aromatic heterocycles. The van der Waals surface area contributed by atoms with E-state index >= 15 is 0 Å². The molecule has 0 radical (unpaired) electrons. The zero-order valence-electron chi connectivity index (χ0n) is 10.5. The standard InChI is InChI=1S/C14H18ClNO2/c1-11(17)5-3-4-6-14(18)16(2)13-9-7-12(15)8-10-13/h7-10,17H,1,3-6H2,2H3. The number of aliphatic hydroxyl groups is 1. The molecule has 1 aromatic carbocycles. The molecule has 0 unspecified atom stereocenters. The Morgan fingerprint density at radius 2 is 1.83 bits per heavy atom. The zero-order chi connectivity index (χ0) is 13.5. The third-order valence-corrected chi connectivity index (χ3v) is 2.95. The van der Waals surface area contributed by atoms with Crippen LogP contribution < -0.4 is 4.90 Å². The smallest absolute Gasteiger partial charge is 0.226 e. The second kappa shape index (κ2) is 7.07. The molecule has 4 heteroatoms. The Morgan fingerprint density at radius 1 is 1.28 bits per heavy atom. The first kappa shape index (κ1) is 14.6. The highest BCUT2D eigenvalue weighted by molar-refractivity contribution is 6.30. The maximum Gasteiger partial charge on any atom is 0.226 e. The molecular formula is C14H18ClNO2. The van der Waals surface area contributed by atoms with Crippen LogP contribution in [0.3, 0.4) is 0 Å². The molecule has 0 bridgehead atoms. The van der Waals surface area contributed by atoms with Crippen molar-refractivity contribution < 1.29 is 9.90 Å². The van der Waals surface area contributed by atoms with Crippen LogP contribution in [0.1, 0.15) is 25.7 Å². The number of hydrogen-bond acceptors (Lipinski definition) is 2. The van der Waals surface area contributed by atoms with Crippen LogP contribution in [0.25, 0.3) is 0 Å². The van der Waals surface area contributed by atoms with E-state index in [1.54, 1.807) is 24.1 Å². The Balaban J connectivity index is 2.41. The monoisotopic (exact) mass is 267 g/mol. The first-order valence-corrected chi connectivity index (χ1v) is 6.27. The average Bonchev–Trinajstić information content (AvgIpc) is 2.34. The first-order valence-electron chi connectivity index (χ1n) is 5.89. The van der Waals surface area contributed by atoms with Gasteiger partial charge in [0.1, 0.15) is 0 Å². The van der Waals surface area contributed by atoms with E-state index in [1.165, 1.54) is 0 Å². The second-order valence-corrected chi connectivity index (χ2v) is 4.64. The Hall–Kier alpha value is -1.48. The molecule has 98 valence electrons. The maximum absolute atomic E-state index is 11.9. The largest absolute Gasteiger partial charge is 0.513 e. The Kier molecular flexibility index (Phi) is 5.72. The fourth-order valence-corrected chi connectivity index (χ4v) is 1.71. The van der Waals surface area contributed by atoms with Crippen LogP contribution in [0.15, 0.2) is 36.6 Å². The van der Waals surface area contributed by atoms with Gasteiger partial charge in [0.25, 0.3) is 0 Å². The summed E-state index contributed by atoms with van der Waals surface area (Å²) in [6.45, 7) is 3.41.